The van der Waals surface area contributed by atoms with Crippen LogP contribution in [0.2, 0.25) is 0 Å². The Bertz CT molecular complexity index is 756. The third-order valence-electron chi connectivity index (χ3n) is 4.96. The number of amides is 1. The molecule has 1 amide bonds. The molecule has 0 spiro atoms. The molecule has 4 rings (SSSR count). The average Bonchev–Trinajstić information content (AvgIpc) is 3.23. The number of hydrogen-bond donors (Lipinski definition) is 0. The van der Waals surface area contributed by atoms with Crippen LogP contribution >= 0.6 is 0 Å². The first-order valence-corrected chi connectivity index (χ1v) is 9.56. The Kier molecular flexibility index (Phi) is 6.20. The molecule has 0 atom stereocenters. The van der Waals surface area contributed by atoms with E-state index in [1.165, 1.54) is 0 Å². The highest BCUT2D eigenvalue weighted by Gasteiger charge is 2.25. The Morgan fingerprint density at radius 1 is 1.18 bits per heavy atom. The number of piperidine rings is 1. The molecule has 0 unspecified atom stereocenters. The first kappa shape index (κ1) is 18.9. The lowest BCUT2D eigenvalue weighted by molar-refractivity contribution is -0.136. The zero-order valence-electron chi connectivity index (χ0n) is 15.7. The van der Waals surface area contributed by atoms with E-state index in [4.69, 9.17) is 14.0 Å². The molecule has 2 aliphatic heterocycles. The van der Waals surface area contributed by atoms with Gasteiger partial charge in [0.05, 0.1) is 32.1 Å². The maximum atomic E-state index is 12.4. The Balaban J connectivity index is 1.19. The topological polar surface area (TPSA) is 107 Å². The zero-order valence-corrected chi connectivity index (χ0v) is 15.7. The molecule has 28 heavy (non-hydrogen) atoms. The molecule has 0 aromatic carbocycles. The fourth-order valence-corrected chi connectivity index (χ4v) is 3.34. The Morgan fingerprint density at radius 2 is 2.00 bits per heavy atom. The van der Waals surface area contributed by atoms with Gasteiger partial charge in [-0.05, 0) is 12.8 Å². The smallest absolute Gasteiger partial charge is 0.278 e. The van der Waals surface area contributed by atoms with Crippen LogP contribution in [0.4, 0.5) is 0 Å². The molecule has 0 aliphatic carbocycles. The zero-order chi connectivity index (χ0) is 19.2. The summed E-state index contributed by atoms with van der Waals surface area (Å²) in [6.07, 6.45) is 6.44. The lowest BCUT2D eigenvalue weighted by Gasteiger charge is -2.34. The molecule has 10 heteroatoms. The van der Waals surface area contributed by atoms with Crippen LogP contribution in [0.3, 0.4) is 0 Å². The fourth-order valence-electron chi connectivity index (χ4n) is 3.34. The molecular weight excluding hydrogens is 364 g/mol. The summed E-state index contributed by atoms with van der Waals surface area (Å²) in [5, 5.41) is 3.93. The van der Waals surface area contributed by atoms with Gasteiger partial charge >= 0.3 is 0 Å². The van der Waals surface area contributed by atoms with E-state index in [1.807, 2.05) is 4.90 Å². The van der Waals surface area contributed by atoms with E-state index >= 15 is 0 Å². The van der Waals surface area contributed by atoms with Crippen molar-refractivity contribution in [2.75, 3.05) is 45.9 Å². The molecule has 10 nitrogen and oxygen atoms in total. The first-order valence-electron chi connectivity index (χ1n) is 9.56. The van der Waals surface area contributed by atoms with Crippen molar-refractivity contribution in [2.24, 2.45) is 0 Å². The molecule has 150 valence electrons. The minimum absolute atomic E-state index is 0.0888. The fraction of sp³-hybridized carbons (Fsp3) is 0.611. The highest BCUT2D eigenvalue weighted by atomic mass is 16.5. The molecule has 0 N–H and O–H groups in total. The number of carbonyl (C=O) groups excluding carboxylic acids is 1. The van der Waals surface area contributed by atoms with Gasteiger partial charge in [-0.3, -0.25) is 14.7 Å². The Labute approximate surface area is 162 Å². The maximum Gasteiger partial charge on any atom is 0.278 e. The van der Waals surface area contributed by atoms with Gasteiger partial charge in [-0.15, -0.1) is 0 Å². The summed E-state index contributed by atoms with van der Waals surface area (Å²) in [5.74, 6) is 0.994. The van der Waals surface area contributed by atoms with Crippen LogP contribution in [0.1, 0.15) is 18.7 Å². The van der Waals surface area contributed by atoms with E-state index < -0.39 is 0 Å². The van der Waals surface area contributed by atoms with Crippen LogP contribution in [-0.4, -0.2) is 87.9 Å². The number of hydrogen-bond acceptors (Lipinski definition) is 9. The second-order valence-electron chi connectivity index (χ2n) is 6.89. The largest absolute Gasteiger partial charge is 0.379 e. The van der Waals surface area contributed by atoms with E-state index in [1.54, 1.807) is 18.6 Å². The van der Waals surface area contributed by atoms with Gasteiger partial charge in [-0.25, -0.2) is 4.98 Å². The summed E-state index contributed by atoms with van der Waals surface area (Å²) in [6, 6.07) is 0. The van der Waals surface area contributed by atoms with E-state index in [0.29, 0.717) is 50.3 Å². The first-order chi connectivity index (χ1) is 13.8. The minimum Gasteiger partial charge on any atom is -0.379 e. The van der Waals surface area contributed by atoms with Crippen molar-refractivity contribution in [3.8, 4) is 11.6 Å². The van der Waals surface area contributed by atoms with E-state index in [0.717, 1.165) is 25.9 Å². The van der Waals surface area contributed by atoms with Gasteiger partial charge < -0.3 is 18.9 Å². The van der Waals surface area contributed by atoms with Gasteiger partial charge in [-0.1, -0.05) is 5.16 Å². The highest BCUT2D eigenvalue weighted by Crippen LogP contribution is 2.17. The molecular formula is C18H24N6O4. The van der Waals surface area contributed by atoms with E-state index in [-0.39, 0.29) is 18.6 Å². The van der Waals surface area contributed by atoms with Crippen LogP contribution in [-0.2, 0) is 20.9 Å². The van der Waals surface area contributed by atoms with Crippen LogP contribution in [0.5, 0.6) is 0 Å². The second-order valence-corrected chi connectivity index (χ2v) is 6.89. The molecule has 2 aliphatic rings. The third-order valence-corrected chi connectivity index (χ3v) is 4.96. The lowest BCUT2D eigenvalue weighted by Crippen LogP contribution is -2.47. The summed E-state index contributed by atoms with van der Waals surface area (Å²) in [6.45, 7) is 5.24. The maximum absolute atomic E-state index is 12.4. The van der Waals surface area contributed by atoms with Crippen LogP contribution in [0.15, 0.2) is 23.1 Å². The summed E-state index contributed by atoms with van der Waals surface area (Å²) in [7, 11) is 0. The van der Waals surface area contributed by atoms with Crippen LogP contribution in [0, 0.1) is 0 Å². The van der Waals surface area contributed by atoms with E-state index in [9.17, 15) is 4.79 Å². The average molecular weight is 388 g/mol. The number of aromatic nitrogens is 4. The van der Waals surface area contributed by atoms with Crippen molar-refractivity contribution in [3.05, 3.63) is 24.4 Å². The molecule has 2 aromatic rings. The van der Waals surface area contributed by atoms with Gasteiger partial charge in [-0.2, -0.15) is 4.98 Å². The predicted molar refractivity (Wildman–Crippen MR) is 97.0 cm³/mol. The second kappa shape index (κ2) is 9.18. The van der Waals surface area contributed by atoms with Gasteiger partial charge in [0.2, 0.25) is 5.91 Å². The van der Waals surface area contributed by atoms with Gasteiger partial charge in [0, 0.05) is 38.6 Å². The lowest BCUT2D eigenvalue weighted by atomic mass is 10.1. The number of carbonyl (C=O) groups is 1. The number of likely N-dealkylation sites (tertiary alicyclic amines) is 1. The quantitative estimate of drug-likeness (QED) is 0.693. The molecule has 2 aromatic heterocycles. The van der Waals surface area contributed by atoms with Gasteiger partial charge in [0.25, 0.3) is 5.89 Å². The number of rotatable bonds is 6. The molecule has 2 fully saturated rings. The number of nitrogens with zero attached hydrogens (tertiary/aromatic N) is 6. The number of ether oxygens (including phenoxy) is 2. The van der Waals surface area contributed by atoms with Crippen molar-refractivity contribution in [1.29, 1.82) is 0 Å². The monoisotopic (exact) mass is 388 g/mol. The number of morpholine rings is 1. The van der Waals surface area contributed by atoms with Crippen molar-refractivity contribution in [3.63, 3.8) is 0 Å². The van der Waals surface area contributed by atoms with Crippen molar-refractivity contribution < 1.29 is 18.8 Å². The van der Waals surface area contributed by atoms with E-state index in [2.05, 4.69) is 25.0 Å². The third kappa shape index (κ3) is 4.89. The molecule has 2 saturated heterocycles. The van der Waals surface area contributed by atoms with Crippen molar-refractivity contribution >= 4 is 5.91 Å². The Morgan fingerprint density at radius 3 is 2.75 bits per heavy atom. The van der Waals surface area contributed by atoms with Gasteiger partial charge in [0.15, 0.2) is 5.82 Å². The summed E-state index contributed by atoms with van der Waals surface area (Å²) in [5.41, 5.74) is 0.535. The molecule has 0 radical (unpaired) electrons. The minimum atomic E-state index is 0.0888. The van der Waals surface area contributed by atoms with Crippen molar-refractivity contribution in [1.82, 2.24) is 29.9 Å². The molecule has 0 bridgehead atoms. The summed E-state index contributed by atoms with van der Waals surface area (Å²) in [4.78, 5) is 28.9. The standard InChI is InChI=1S/C18H24N6O4/c25-17(12-23-7-9-26-10-8-23)24-5-1-14(2-6-24)27-13-16-21-18(28-22-16)15-11-19-3-4-20-15/h3-4,11,14H,1-2,5-10,12-13H2. The SMILES string of the molecule is O=C(CN1CCOCC1)N1CCC(OCc2noc(-c3cnccn3)n2)CC1. The summed E-state index contributed by atoms with van der Waals surface area (Å²) >= 11 is 0. The van der Waals surface area contributed by atoms with Crippen LogP contribution < -0.4 is 0 Å². The predicted octanol–water partition coefficient (Wildman–Crippen LogP) is 0.366. The molecule has 4 heterocycles. The van der Waals surface area contributed by atoms with Gasteiger partial charge in [0.1, 0.15) is 12.3 Å². The van der Waals surface area contributed by atoms with Crippen molar-refractivity contribution in [2.45, 2.75) is 25.6 Å². The normalized spacial score (nSPS) is 19.1. The summed E-state index contributed by atoms with van der Waals surface area (Å²) < 4.78 is 16.4. The molecule has 0 saturated carbocycles. The van der Waals surface area contributed by atoms with Crippen LogP contribution in [0.25, 0.3) is 11.6 Å². The highest BCUT2D eigenvalue weighted by molar-refractivity contribution is 5.78. The Hall–Kier alpha value is -2.43.